The molecule has 0 spiro atoms. The third kappa shape index (κ3) is 9.52. The van der Waals surface area contributed by atoms with Crippen molar-refractivity contribution < 1.29 is 22.9 Å². The van der Waals surface area contributed by atoms with Crippen molar-refractivity contribution in [2.75, 3.05) is 49.5 Å². The van der Waals surface area contributed by atoms with Gasteiger partial charge in [0.2, 0.25) is 0 Å². The highest BCUT2D eigenvalue weighted by Crippen LogP contribution is 2.44. The van der Waals surface area contributed by atoms with E-state index in [0.717, 1.165) is 74.1 Å². The molecule has 0 radical (unpaired) electrons. The number of rotatable bonds is 13. The second kappa shape index (κ2) is 17.2. The van der Waals surface area contributed by atoms with Crippen molar-refractivity contribution in [3.05, 3.63) is 117 Å². The molecular formula is C45H47ClN8O6S. The van der Waals surface area contributed by atoms with E-state index in [1.54, 1.807) is 24.4 Å². The maximum absolute atomic E-state index is 13.9. The van der Waals surface area contributed by atoms with Crippen LogP contribution in [-0.2, 0) is 10.0 Å². The predicted octanol–water partition coefficient (Wildman–Crippen LogP) is 8.78. The number of anilines is 2. The van der Waals surface area contributed by atoms with Crippen LogP contribution in [0.1, 0.15) is 61.9 Å². The van der Waals surface area contributed by atoms with Gasteiger partial charge in [0.15, 0.2) is 0 Å². The first kappa shape index (κ1) is 41.8. The number of piperazine rings is 1. The van der Waals surface area contributed by atoms with E-state index in [1.165, 1.54) is 41.1 Å². The fourth-order valence-electron chi connectivity index (χ4n) is 8.46. The number of nitrogens with zero attached hydrogens (tertiary/aromatic N) is 5. The average Bonchev–Trinajstić information content (AvgIpc) is 3.69. The standard InChI is InChI=1S/C45H47ClN8O6S/c1-45(2)13-11-33(39(24-45)31-3-5-34(46)6-4-31)28-52-15-17-53(18-16-52)35-7-9-38(42(22-35)60-36-21-32-12-14-48-43(32)50-27-36)44(55)51-61(58,59)37-8-10-40(41(23-37)54(56)57)49-26-30-19-29(20-30)25-47/h3-10,12,14,21-23,27,29-30,49H,11,13,15-20,24,26,28H2,1-2H3,(H,48,50)(H,51,55). The maximum atomic E-state index is 13.9. The molecule has 16 heteroatoms. The zero-order chi connectivity index (χ0) is 42.9. The number of nitrogens with one attached hydrogen (secondary N) is 3. The highest BCUT2D eigenvalue weighted by Gasteiger charge is 2.32. The first-order valence-corrected chi connectivity index (χ1v) is 22.3. The third-order valence-electron chi connectivity index (χ3n) is 12.0. The minimum absolute atomic E-state index is 0.0196. The lowest BCUT2D eigenvalue weighted by atomic mass is 9.72. The molecule has 2 aliphatic carbocycles. The van der Waals surface area contributed by atoms with Crippen molar-refractivity contribution in [3.63, 3.8) is 0 Å². The normalized spacial score (nSPS) is 19.2. The summed E-state index contributed by atoms with van der Waals surface area (Å²) in [6.07, 6.45) is 7.84. The Balaban J connectivity index is 1.00. The number of aromatic nitrogens is 2. The van der Waals surface area contributed by atoms with Gasteiger partial charge in [-0.25, -0.2) is 18.1 Å². The van der Waals surface area contributed by atoms with Crippen molar-refractivity contribution >= 4 is 61.2 Å². The van der Waals surface area contributed by atoms with Gasteiger partial charge in [-0.3, -0.25) is 19.8 Å². The summed E-state index contributed by atoms with van der Waals surface area (Å²) in [7, 11) is -4.57. The summed E-state index contributed by atoms with van der Waals surface area (Å²) in [6.45, 7) is 9.01. The van der Waals surface area contributed by atoms with Crippen LogP contribution < -0.4 is 19.7 Å². The Morgan fingerprint density at radius 1 is 1.07 bits per heavy atom. The van der Waals surface area contributed by atoms with Crippen molar-refractivity contribution in [1.29, 1.82) is 5.26 Å². The Kier molecular flexibility index (Phi) is 11.8. The lowest BCUT2D eigenvalue weighted by Crippen LogP contribution is -2.47. The van der Waals surface area contributed by atoms with E-state index in [1.807, 2.05) is 18.2 Å². The van der Waals surface area contributed by atoms with Gasteiger partial charge in [0, 0.05) is 79.6 Å². The van der Waals surface area contributed by atoms with Crippen LogP contribution in [0.15, 0.2) is 95.7 Å². The number of sulfonamides is 1. The van der Waals surface area contributed by atoms with E-state index >= 15 is 0 Å². The van der Waals surface area contributed by atoms with Crippen LogP contribution in [-0.4, -0.2) is 73.4 Å². The van der Waals surface area contributed by atoms with E-state index in [0.29, 0.717) is 30.8 Å². The molecule has 316 valence electrons. The highest BCUT2D eigenvalue weighted by atomic mass is 35.5. The van der Waals surface area contributed by atoms with Crippen LogP contribution in [0.3, 0.4) is 0 Å². The SMILES string of the molecule is CC1(C)CCC(CN2CCN(c3ccc(C(=O)NS(=O)(=O)c4ccc(NCC5CC(C#N)C5)c([N+](=O)[O-])c4)c(Oc4cnc5[nH]ccc5c4)c3)CC2)=C(c2ccc(Cl)cc2)C1. The van der Waals surface area contributed by atoms with Gasteiger partial charge in [-0.1, -0.05) is 43.2 Å². The molecule has 14 nitrogen and oxygen atoms in total. The maximum Gasteiger partial charge on any atom is 0.293 e. The minimum Gasteiger partial charge on any atom is -0.455 e. The number of pyridine rings is 1. The van der Waals surface area contributed by atoms with E-state index < -0.39 is 31.4 Å². The van der Waals surface area contributed by atoms with Gasteiger partial charge >= 0.3 is 0 Å². The first-order chi connectivity index (χ1) is 29.2. The smallest absolute Gasteiger partial charge is 0.293 e. The van der Waals surface area contributed by atoms with Crippen LogP contribution in [0.25, 0.3) is 16.6 Å². The summed E-state index contributed by atoms with van der Waals surface area (Å²) in [5, 5.41) is 25.6. The van der Waals surface area contributed by atoms with E-state index in [-0.39, 0.29) is 34.3 Å². The fourth-order valence-corrected chi connectivity index (χ4v) is 9.57. The molecule has 3 N–H and O–H groups in total. The molecule has 1 amide bonds. The number of carbonyl (C=O) groups is 1. The lowest BCUT2D eigenvalue weighted by molar-refractivity contribution is -0.384. The zero-order valence-corrected chi connectivity index (χ0v) is 35.6. The molecular weight excluding hydrogens is 816 g/mol. The van der Waals surface area contributed by atoms with Gasteiger partial charge in [0.25, 0.3) is 21.6 Å². The number of aromatic amines is 1. The Hall–Kier alpha value is -5.95. The molecule has 0 atom stereocenters. The number of fused-ring (bicyclic) bond motifs is 1. The van der Waals surface area contributed by atoms with E-state index in [4.69, 9.17) is 21.6 Å². The minimum atomic E-state index is -4.57. The quantitative estimate of drug-likeness (QED) is 0.0759. The van der Waals surface area contributed by atoms with Crippen molar-refractivity contribution in [2.45, 2.75) is 50.8 Å². The monoisotopic (exact) mass is 862 g/mol. The van der Waals surface area contributed by atoms with Gasteiger partial charge in [0.05, 0.1) is 27.6 Å². The number of nitro benzene ring substituents is 1. The number of carbonyl (C=O) groups excluding carboxylic acids is 1. The largest absolute Gasteiger partial charge is 0.455 e. The molecule has 5 aromatic rings. The number of benzene rings is 3. The molecule has 61 heavy (non-hydrogen) atoms. The summed E-state index contributed by atoms with van der Waals surface area (Å²) in [5.41, 5.74) is 5.42. The summed E-state index contributed by atoms with van der Waals surface area (Å²) < 4.78 is 35.7. The van der Waals surface area contributed by atoms with Crippen molar-refractivity contribution in [3.8, 4) is 17.6 Å². The number of halogens is 1. The van der Waals surface area contributed by atoms with Crippen LogP contribution in [0, 0.1) is 38.7 Å². The van der Waals surface area contributed by atoms with Crippen LogP contribution in [0.5, 0.6) is 11.5 Å². The second-order valence-corrected chi connectivity index (χ2v) is 19.1. The van der Waals surface area contributed by atoms with Crippen molar-refractivity contribution in [2.24, 2.45) is 17.3 Å². The molecule has 3 aromatic carbocycles. The average molecular weight is 863 g/mol. The topological polar surface area (TPSA) is 187 Å². The molecule has 3 heterocycles. The van der Waals surface area contributed by atoms with Crippen molar-refractivity contribution in [1.82, 2.24) is 19.6 Å². The number of allylic oxidation sites excluding steroid dienone is 1. The number of H-pyrrole nitrogens is 1. The number of nitro groups is 1. The molecule has 1 saturated heterocycles. The molecule has 8 rings (SSSR count). The Labute approximate surface area is 359 Å². The summed E-state index contributed by atoms with van der Waals surface area (Å²) in [4.78, 5) is 36.9. The van der Waals surface area contributed by atoms with Gasteiger partial charge in [-0.05, 0) is 103 Å². The van der Waals surface area contributed by atoms with Gasteiger partial charge in [0.1, 0.15) is 22.8 Å². The van der Waals surface area contributed by atoms with E-state index in [2.05, 4.69) is 61.9 Å². The molecule has 2 aromatic heterocycles. The van der Waals surface area contributed by atoms with Crippen LogP contribution in [0.4, 0.5) is 17.1 Å². The molecule has 1 aliphatic heterocycles. The third-order valence-corrected chi connectivity index (χ3v) is 13.6. The molecule has 0 bridgehead atoms. The second-order valence-electron chi connectivity index (χ2n) is 17.0. The number of hydrogen-bond donors (Lipinski definition) is 3. The summed E-state index contributed by atoms with van der Waals surface area (Å²) in [6, 6.07) is 22.5. The summed E-state index contributed by atoms with van der Waals surface area (Å²) in [5.74, 6) is -0.340. The fraction of sp³-hybridized carbons (Fsp3) is 0.356. The zero-order valence-electron chi connectivity index (χ0n) is 34.0. The first-order valence-electron chi connectivity index (χ1n) is 20.4. The van der Waals surface area contributed by atoms with E-state index in [9.17, 15) is 23.3 Å². The Morgan fingerprint density at radius 2 is 1.84 bits per heavy atom. The number of amides is 1. The molecule has 3 aliphatic rings. The Morgan fingerprint density at radius 3 is 2.57 bits per heavy atom. The van der Waals surface area contributed by atoms with Gasteiger partial charge in [-0.2, -0.15) is 5.26 Å². The van der Waals surface area contributed by atoms with Gasteiger partial charge in [-0.15, -0.1) is 0 Å². The number of nitriles is 1. The van der Waals surface area contributed by atoms with Crippen LogP contribution in [0.2, 0.25) is 5.02 Å². The lowest BCUT2D eigenvalue weighted by Gasteiger charge is -2.39. The number of ether oxygens (including phenoxy) is 1. The van der Waals surface area contributed by atoms with Crippen LogP contribution >= 0.6 is 11.6 Å². The molecule has 0 unspecified atom stereocenters. The highest BCUT2D eigenvalue weighted by molar-refractivity contribution is 7.90. The predicted molar refractivity (Wildman–Crippen MR) is 235 cm³/mol. The Bertz CT molecular complexity index is 2660. The number of hydrogen-bond acceptors (Lipinski definition) is 11. The molecule has 2 fully saturated rings. The molecule has 1 saturated carbocycles. The van der Waals surface area contributed by atoms with Gasteiger partial charge < -0.3 is 19.9 Å². The summed E-state index contributed by atoms with van der Waals surface area (Å²) >= 11 is 6.23.